The van der Waals surface area contributed by atoms with Crippen molar-refractivity contribution in [3.63, 3.8) is 0 Å². The molecule has 102 valence electrons. The van der Waals surface area contributed by atoms with E-state index in [-0.39, 0.29) is 0 Å². The number of hydrogen-bond acceptors (Lipinski definition) is 6. The Bertz CT molecular complexity index is 660. The summed E-state index contributed by atoms with van der Waals surface area (Å²) in [4.78, 5) is 0.890. The molecule has 0 N–H and O–H groups in total. The van der Waals surface area contributed by atoms with Crippen LogP contribution in [0.4, 0.5) is 0 Å². The molecule has 1 heterocycles. The van der Waals surface area contributed by atoms with Crippen molar-refractivity contribution in [2.24, 2.45) is 5.16 Å². The van der Waals surface area contributed by atoms with Gasteiger partial charge in [-0.2, -0.15) is 5.26 Å². The smallest absolute Gasteiger partial charge is 0.169 e. The van der Waals surface area contributed by atoms with Crippen LogP contribution in [0.25, 0.3) is 5.57 Å². The van der Waals surface area contributed by atoms with E-state index in [4.69, 9.17) is 0 Å². The first-order valence-corrected chi connectivity index (χ1v) is 7.54. The summed E-state index contributed by atoms with van der Waals surface area (Å²) in [5.41, 5.74) is 1.84. The number of benzene rings is 1. The summed E-state index contributed by atoms with van der Waals surface area (Å²) in [5.74, 6) is 0.842. The number of nitriles is 1. The van der Waals surface area contributed by atoms with Crippen LogP contribution >= 0.6 is 11.8 Å². The molecule has 0 spiro atoms. The van der Waals surface area contributed by atoms with E-state index in [0.717, 1.165) is 10.7 Å². The van der Waals surface area contributed by atoms with Crippen LogP contribution in [-0.4, -0.2) is 20.7 Å². The highest BCUT2D eigenvalue weighted by atomic mass is 32.2. The normalized spacial score (nSPS) is 18.0. The molecule has 0 aromatic heterocycles. The summed E-state index contributed by atoms with van der Waals surface area (Å²) in [7, 11) is 0. The maximum Gasteiger partial charge on any atom is 0.169 e. The lowest BCUT2D eigenvalue weighted by atomic mass is 10.0. The molecule has 2 rings (SSSR count). The molecule has 0 aliphatic carbocycles. The van der Waals surface area contributed by atoms with Crippen LogP contribution in [0.3, 0.4) is 0 Å². The number of hydrogen-bond donors (Lipinski definition) is 0. The van der Waals surface area contributed by atoms with Crippen LogP contribution in [0.2, 0.25) is 0 Å². The Morgan fingerprint density at radius 1 is 1.55 bits per heavy atom. The molecule has 1 aromatic rings. The van der Waals surface area contributed by atoms with E-state index in [1.54, 1.807) is 36.0 Å². The average Bonchev–Trinajstić information content (AvgIpc) is 2.95. The van der Waals surface area contributed by atoms with Gasteiger partial charge in [0.2, 0.25) is 0 Å². The lowest BCUT2D eigenvalue weighted by molar-refractivity contribution is 0.320. The molecule has 0 saturated heterocycles. The van der Waals surface area contributed by atoms with Gasteiger partial charge in [0.1, 0.15) is 6.07 Å². The Morgan fingerprint density at radius 2 is 2.35 bits per heavy atom. The maximum absolute atomic E-state index is 10.3. The van der Waals surface area contributed by atoms with Crippen LogP contribution in [-0.2, 0) is 15.6 Å². The average molecular weight is 305 g/mol. The van der Waals surface area contributed by atoms with Gasteiger partial charge in [-0.05, 0) is 0 Å². The van der Waals surface area contributed by atoms with E-state index in [2.05, 4.69) is 15.5 Å². The van der Waals surface area contributed by atoms with E-state index >= 15 is 0 Å². The molecule has 0 bridgehead atoms. The minimum Gasteiger partial charge on any atom is -0.738 e. The van der Waals surface area contributed by atoms with Crippen LogP contribution in [0, 0.1) is 11.3 Å². The van der Waals surface area contributed by atoms with E-state index in [9.17, 15) is 14.0 Å². The first-order chi connectivity index (χ1) is 9.72. The third-order valence-corrected chi connectivity index (χ3v) is 3.71. The summed E-state index contributed by atoms with van der Waals surface area (Å²) in [5, 5.41) is 12.7. The summed E-state index contributed by atoms with van der Waals surface area (Å²) < 4.78 is 24.6. The van der Waals surface area contributed by atoms with Crippen molar-refractivity contribution in [1.29, 1.82) is 5.26 Å². The van der Waals surface area contributed by atoms with Crippen molar-refractivity contribution in [1.82, 2.24) is 0 Å². The zero-order valence-corrected chi connectivity index (χ0v) is 11.8. The Balaban J connectivity index is 2.39. The molecule has 5 nitrogen and oxygen atoms in total. The van der Waals surface area contributed by atoms with Crippen molar-refractivity contribution in [2.75, 3.05) is 5.75 Å². The topological polar surface area (TPSA) is 85.5 Å². The molecule has 0 amide bonds. The number of nitrogens with zero attached hydrogens (tertiary/aromatic N) is 2. The quantitative estimate of drug-likeness (QED) is 0.369. The molecule has 1 aromatic carbocycles. The van der Waals surface area contributed by atoms with Gasteiger partial charge in [-0.3, -0.25) is 0 Å². The second-order valence-corrected chi connectivity index (χ2v) is 5.28. The number of rotatable bonds is 4. The van der Waals surface area contributed by atoms with Gasteiger partial charge in [0.15, 0.2) is 11.4 Å². The van der Waals surface area contributed by atoms with E-state index in [1.165, 1.54) is 6.21 Å². The van der Waals surface area contributed by atoms with E-state index in [0.29, 0.717) is 16.7 Å². The highest BCUT2D eigenvalue weighted by Crippen LogP contribution is 2.32. The molecule has 0 saturated carbocycles. The number of thioether (sulfide) groups is 1. The van der Waals surface area contributed by atoms with E-state index in [1.807, 2.05) is 12.2 Å². The summed E-state index contributed by atoms with van der Waals surface area (Å²) in [6, 6.07) is 9.28. The SMILES string of the molecule is N#C/C(=C1/C=CCS1)c1ccccc1/C=N\OS(=O)[O-]. The van der Waals surface area contributed by atoms with Gasteiger partial charge in [0.05, 0.1) is 11.8 Å². The molecule has 7 heteroatoms. The number of allylic oxidation sites excluding steroid dienone is 2. The summed E-state index contributed by atoms with van der Waals surface area (Å²) >= 11 is -1.12. The lowest BCUT2D eigenvalue weighted by Crippen LogP contribution is -1.94. The summed E-state index contributed by atoms with van der Waals surface area (Å²) in [6.45, 7) is 0. The highest BCUT2D eigenvalue weighted by Gasteiger charge is 2.13. The molecule has 1 unspecified atom stereocenters. The van der Waals surface area contributed by atoms with Gasteiger partial charge in [-0.15, -0.1) is 11.8 Å². The third-order valence-electron chi connectivity index (χ3n) is 2.49. The Morgan fingerprint density at radius 3 is 3.00 bits per heavy atom. The van der Waals surface area contributed by atoms with Crippen molar-refractivity contribution >= 4 is 34.9 Å². The van der Waals surface area contributed by atoms with Gasteiger partial charge in [0.25, 0.3) is 0 Å². The summed E-state index contributed by atoms with van der Waals surface area (Å²) in [6.07, 6.45) is 5.16. The third kappa shape index (κ3) is 3.57. The fourth-order valence-electron chi connectivity index (χ4n) is 1.70. The van der Waals surface area contributed by atoms with Crippen molar-refractivity contribution in [3.05, 3.63) is 52.4 Å². The van der Waals surface area contributed by atoms with E-state index < -0.39 is 11.4 Å². The maximum atomic E-state index is 10.3. The van der Waals surface area contributed by atoms with Gasteiger partial charge < -0.3 is 8.84 Å². The van der Waals surface area contributed by atoms with Gasteiger partial charge in [0, 0.05) is 21.8 Å². The first kappa shape index (κ1) is 14.5. The first-order valence-electron chi connectivity index (χ1n) is 5.55. The zero-order chi connectivity index (χ0) is 14.4. The molecular weight excluding hydrogens is 296 g/mol. The largest absolute Gasteiger partial charge is 0.738 e. The fourth-order valence-corrected chi connectivity index (χ4v) is 2.67. The van der Waals surface area contributed by atoms with Gasteiger partial charge in [-0.25, -0.2) is 4.21 Å². The molecule has 1 atom stereocenters. The van der Waals surface area contributed by atoms with Crippen molar-refractivity contribution in [2.45, 2.75) is 0 Å². The van der Waals surface area contributed by atoms with Crippen molar-refractivity contribution < 1.29 is 13.0 Å². The monoisotopic (exact) mass is 305 g/mol. The predicted molar refractivity (Wildman–Crippen MR) is 78.2 cm³/mol. The Hall–Kier alpha value is -1.88. The standard InChI is InChI=1S/C13H10N2O3S2/c14-8-12(13-6-3-7-19-13)11-5-2-1-4-10(11)9-15-18-20(16)17/h1-6,9H,7H2,(H,16,17)/p-1/b13-12+,15-9-. The second-order valence-electron chi connectivity index (χ2n) is 3.66. The molecule has 20 heavy (non-hydrogen) atoms. The minimum atomic E-state index is -2.70. The van der Waals surface area contributed by atoms with Gasteiger partial charge in [-0.1, -0.05) is 41.6 Å². The molecule has 1 aliphatic rings. The molecule has 0 radical (unpaired) electrons. The molecule has 1 aliphatic heterocycles. The fraction of sp³-hybridized carbons (Fsp3) is 0.0769. The Kier molecular flexibility index (Phi) is 5.12. The highest BCUT2D eigenvalue weighted by molar-refractivity contribution is 8.03. The molecular formula is C13H9N2O3S2-. The van der Waals surface area contributed by atoms with Crippen LogP contribution in [0.1, 0.15) is 11.1 Å². The predicted octanol–water partition coefficient (Wildman–Crippen LogP) is 2.37. The van der Waals surface area contributed by atoms with Gasteiger partial charge >= 0.3 is 0 Å². The van der Waals surface area contributed by atoms with Crippen LogP contribution < -0.4 is 0 Å². The minimum absolute atomic E-state index is 0.536. The van der Waals surface area contributed by atoms with Crippen molar-refractivity contribution in [3.8, 4) is 6.07 Å². The van der Waals surface area contributed by atoms with Crippen LogP contribution in [0.15, 0.2) is 46.5 Å². The Labute approximate surface area is 123 Å². The second kappa shape index (κ2) is 7.05. The molecule has 0 fully saturated rings. The zero-order valence-electron chi connectivity index (χ0n) is 10.2. The lowest BCUT2D eigenvalue weighted by Gasteiger charge is -2.06. The number of oxime groups is 1. The van der Waals surface area contributed by atoms with Crippen LogP contribution in [0.5, 0.6) is 0 Å².